The third kappa shape index (κ3) is 1.50. The quantitative estimate of drug-likeness (QED) is 0.682. The molecule has 0 amide bonds. The van der Waals surface area contributed by atoms with Crippen LogP contribution in [0.5, 0.6) is 0 Å². The van der Waals surface area contributed by atoms with Crippen molar-refractivity contribution in [2.45, 2.75) is 11.5 Å². The molecule has 0 aromatic heterocycles. The van der Waals surface area contributed by atoms with Crippen LogP contribution in [-0.4, -0.2) is 17.5 Å². The van der Waals surface area contributed by atoms with Gasteiger partial charge in [0.2, 0.25) is 0 Å². The van der Waals surface area contributed by atoms with Crippen LogP contribution in [0, 0.1) is 0 Å². The first-order valence-corrected chi connectivity index (χ1v) is 5.95. The second-order valence-electron chi connectivity index (χ2n) is 3.10. The van der Waals surface area contributed by atoms with Crippen LogP contribution in [0.15, 0.2) is 24.3 Å². The second-order valence-corrected chi connectivity index (χ2v) is 5.31. The van der Waals surface area contributed by atoms with Gasteiger partial charge in [0.25, 0.3) is 0 Å². The van der Waals surface area contributed by atoms with E-state index in [0.717, 1.165) is 5.75 Å². The minimum atomic E-state index is 0.344. The number of aliphatic hydroxyl groups excluding tert-OH is 1. The van der Waals surface area contributed by atoms with E-state index >= 15 is 0 Å². The average Bonchev–Trinajstić information content (AvgIpc) is 2.47. The molecular formula is C10H13OS+. The lowest BCUT2D eigenvalue weighted by Gasteiger charge is -1.94. The summed E-state index contributed by atoms with van der Waals surface area (Å²) in [6.45, 7) is 0.344. The molecule has 0 aliphatic carbocycles. The Hall–Kier alpha value is -0.470. The molecule has 1 aliphatic rings. The fraction of sp³-hybridized carbons (Fsp3) is 0.400. The topological polar surface area (TPSA) is 20.2 Å². The predicted molar refractivity (Wildman–Crippen MR) is 53.2 cm³/mol. The van der Waals surface area contributed by atoms with E-state index in [0.29, 0.717) is 17.5 Å². The molecule has 1 nitrogen and oxygen atoms in total. The highest BCUT2D eigenvalue weighted by Gasteiger charge is 2.28. The highest BCUT2D eigenvalue weighted by molar-refractivity contribution is 7.95. The lowest BCUT2D eigenvalue weighted by Crippen LogP contribution is -2.09. The Morgan fingerprint density at radius 2 is 1.75 bits per heavy atom. The molecule has 1 aromatic carbocycles. The van der Waals surface area contributed by atoms with Gasteiger partial charge in [-0.15, -0.1) is 0 Å². The Balaban J connectivity index is 2.11. The van der Waals surface area contributed by atoms with Crippen LogP contribution < -0.4 is 0 Å². The number of benzene rings is 1. The molecule has 0 saturated carbocycles. The van der Waals surface area contributed by atoms with Gasteiger partial charge in [-0.2, -0.15) is 0 Å². The zero-order valence-corrected chi connectivity index (χ0v) is 7.81. The summed E-state index contributed by atoms with van der Waals surface area (Å²) in [4.78, 5) is 0. The Labute approximate surface area is 75.8 Å². The molecular weight excluding hydrogens is 168 g/mol. The van der Waals surface area contributed by atoms with E-state index in [1.165, 1.54) is 22.6 Å². The van der Waals surface area contributed by atoms with Crippen LogP contribution in [0.3, 0.4) is 0 Å². The summed E-state index contributed by atoms with van der Waals surface area (Å²) in [6, 6.07) is 8.62. The fourth-order valence-corrected chi connectivity index (χ4v) is 3.70. The van der Waals surface area contributed by atoms with E-state index in [-0.39, 0.29) is 0 Å². The first-order chi connectivity index (χ1) is 5.90. The minimum Gasteiger partial charge on any atom is -0.391 e. The van der Waals surface area contributed by atoms with Gasteiger partial charge < -0.3 is 5.11 Å². The Bertz CT molecular complexity index is 247. The van der Waals surface area contributed by atoms with Crippen LogP contribution in [0.4, 0.5) is 0 Å². The van der Waals surface area contributed by atoms with E-state index < -0.39 is 0 Å². The van der Waals surface area contributed by atoms with Gasteiger partial charge in [-0.3, -0.25) is 0 Å². The molecule has 0 unspecified atom stereocenters. The van der Waals surface area contributed by atoms with E-state index in [9.17, 15) is 0 Å². The van der Waals surface area contributed by atoms with Crippen molar-refractivity contribution in [2.24, 2.45) is 0 Å². The van der Waals surface area contributed by atoms with Gasteiger partial charge in [0.05, 0.1) is 6.61 Å². The van der Waals surface area contributed by atoms with E-state index in [2.05, 4.69) is 24.3 Å². The van der Waals surface area contributed by atoms with E-state index in [4.69, 9.17) is 5.11 Å². The maximum absolute atomic E-state index is 8.81. The molecule has 0 radical (unpaired) electrons. The van der Waals surface area contributed by atoms with Crippen molar-refractivity contribution < 1.29 is 5.11 Å². The van der Waals surface area contributed by atoms with Gasteiger partial charge in [-0.1, -0.05) is 24.3 Å². The second kappa shape index (κ2) is 3.50. The molecule has 1 N–H and O–H groups in total. The van der Waals surface area contributed by atoms with Crippen LogP contribution >= 0.6 is 0 Å². The molecule has 0 spiro atoms. The number of rotatable bonds is 2. The van der Waals surface area contributed by atoms with Gasteiger partial charge in [0, 0.05) is 11.1 Å². The summed E-state index contributed by atoms with van der Waals surface area (Å²) in [5.74, 6) is 3.36. The SMILES string of the molecule is OCC[S+]1Cc2ccccc2C1. The third-order valence-corrected chi connectivity index (χ3v) is 4.42. The number of fused-ring (bicyclic) bond motifs is 1. The summed E-state index contributed by atoms with van der Waals surface area (Å²) in [7, 11) is 0.426. The zero-order chi connectivity index (χ0) is 8.39. The lowest BCUT2D eigenvalue weighted by atomic mass is 10.1. The number of aliphatic hydroxyl groups is 1. The van der Waals surface area contributed by atoms with Crippen molar-refractivity contribution in [3.05, 3.63) is 35.4 Å². The van der Waals surface area contributed by atoms with Gasteiger partial charge in [0.1, 0.15) is 17.3 Å². The summed E-state index contributed by atoms with van der Waals surface area (Å²) >= 11 is 0. The summed E-state index contributed by atoms with van der Waals surface area (Å²) in [5.41, 5.74) is 2.99. The summed E-state index contributed by atoms with van der Waals surface area (Å²) in [5, 5.41) is 8.81. The first kappa shape index (κ1) is 8.14. The maximum Gasteiger partial charge on any atom is 0.134 e. The van der Waals surface area contributed by atoms with Gasteiger partial charge >= 0.3 is 0 Å². The standard InChI is InChI=1S/C10H13OS/c11-5-6-12-7-9-3-1-2-4-10(9)8-12/h1-4,11H,5-8H2/q+1. The fourth-order valence-electron chi connectivity index (χ4n) is 1.60. The van der Waals surface area contributed by atoms with Crippen molar-refractivity contribution in [3.63, 3.8) is 0 Å². The number of hydrogen-bond acceptors (Lipinski definition) is 1. The van der Waals surface area contributed by atoms with Crippen LogP contribution in [0.25, 0.3) is 0 Å². The monoisotopic (exact) mass is 181 g/mol. The summed E-state index contributed by atoms with van der Waals surface area (Å²) in [6.07, 6.45) is 0. The molecule has 0 saturated heterocycles. The molecule has 2 rings (SSSR count). The molecule has 1 aliphatic heterocycles. The van der Waals surface area contributed by atoms with Gasteiger partial charge in [0.15, 0.2) is 0 Å². The smallest absolute Gasteiger partial charge is 0.134 e. The zero-order valence-electron chi connectivity index (χ0n) is 6.99. The van der Waals surface area contributed by atoms with Crippen LogP contribution in [-0.2, 0) is 22.4 Å². The summed E-state index contributed by atoms with van der Waals surface area (Å²) < 4.78 is 0. The normalized spacial score (nSPS) is 16.4. The number of hydrogen-bond donors (Lipinski definition) is 1. The Morgan fingerprint density at radius 3 is 2.25 bits per heavy atom. The van der Waals surface area contributed by atoms with Crippen molar-refractivity contribution in [2.75, 3.05) is 12.4 Å². The van der Waals surface area contributed by atoms with Crippen LogP contribution in [0.1, 0.15) is 11.1 Å². The van der Waals surface area contributed by atoms with Crippen LogP contribution in [0.2, 0.25) is 0 Å². The highest BCUT2D eigenvalue weighted by atomic mass is 32.2. The third-order valence-electron chi connectivity index (χ3n) is 2.22. The molecule has 64 valence electrons. The molecule has 0 atom stereocenters. The molecule has 0 fully saturated rings. The van der Waals surface area contributed by atoms with Crippen molar-refractivity contribution in [1.29, 1.82) is 0 Å². The minimum absolute atomic E-state index is 0.344. The molecule has 12 heavy (non-hydrogen) atoms. The molecule has 0 bridgehead atoms. The van der Waals surface area contributed by atoms with Gasteiger partial charge in [-0.05, 0) is 10.9 Å². The van der Waals surface area contributed by atoms with Crippen molar-refractivity contribution in [1.82, 2.24) is 0 Å². The first-order valence-electron chi connectivity index (χ1n) is 4.22. The van der Waals surface area contributed by atoms with E-state index in [1.54, 1.807) is 0 Å². The molecule has 1 aromatic rings. The van der Waals surface area contributed by atoms with Crippen molar-refractivity contribution in [3.8, 4) is 0 Å². The lowest BCUT2D eigenvalue weighted by molar-refractivity contribution is 0.322. The van der Waals surface area contributed by atoms with Gasteiger partial charge in [-0.25, -0.2) is 0 Å². The maximum atomic E-state index is 8.81. The Kier molecular flexibility index (Phi) is 2.38. The van der Waals surface area contributed by atoms with Crippen molar-refractivity contribution >= 4 is 10.9 Å². The molecule has 1 heterocycles. The largest absolute Gasteiger partial charge is 0.391 e. The highest BCUT2D eigenvalue weighted by Crippen LogP contribution is 2.25. The Morgan fingerprint density at radius 1 is 1.17 bits per heavy atom. The predicted octanol–water partition coefficient (Wildman–Crippen LogP) is 1.31. The van der Waals surface area contributed by atoms with E-state index in [1.807, 2.05) is 0 Å². The molecule has 2 heteroatoms. The average molecular weight is 181 g/mol.